The molecule has 174 valence electrons. The highest BCUT2D eigenvalue weighted by Gasteiger charge is 2.23. The maximum atomic E-state index is 12.6. The summed E-state index contributed by atoms with van der Waals surface area (Å²) < 4.78 is 10.1. The van der Waals surface area contributed by atoms with Crippen LogP contribution in [0.25, 0.3) is 33.4 Å². The second-order valence-electron chi connectivity index (χ2n) is 8.87. The zero-order chi connectivity index (χ0) is 23.7. The van der Waals surface area contributed by atoms with Crippen LogP contribution in [0.1, 0.15) is 57.3 Å². The molecule has 3 aromatic heterocycles. The summed E-state index contributed by atoms with van der Waals surface area (Å²) in [5.41, 5.74) is 5.62. The van der Waals surface area contributed by atoms with Crippen molar-refractivity contribution in [1.82, 2.24) is 18.9 Å². The van der Waals surface area contributed by atoms with Crippen molar-refractivity contribution in [1.29, 1.82) is 0 Å². The van der Waals surface area contributed by atoms with Crippen LogP contribution in [-0.2, 0) is 11.2 Å². The van der Waals surface area contributed by atoms with Gasteiger partial charge in [-0.25, -0.2) is 9.97 Å². The van der Waals surface area contributed by atoms with Crippen molar-refractivity contribution < 1.29 is 9.53 Å². The van der Waals surface area contributed by atoms with E-state index in [9.17, 15) is 4.79 Å². The van der Waals surface area contributed by atoms with Gasteiger partial charge in [0.05, 0.1) is 17.2 Å². The van der Waals surface area contributed by atoms with Gasteiger partial charge in [-0.05, 0) is 44.0 Å². The molecule has 5 rings (SSSR count). The first kappa shape index (κ1) is 22.1. The highest BCUT2D eigenvalue weighted by Crippen LogP contribution is 2.35. The van der Waals surface area contributed by atoms with Crippen molar-refractivity contribution in [3.8, 4) is 11.4 Å². The average Bonchev–Trinajstić information content (AvgIpc) is 3.40. The summed E-state index contributed by atoms with van der Waals surface area (Å²) in [7, 11) is 0. The van der Waals surface area contributed by atoms with E-state index in [1.807, 2.05) is 29.0 Å². The molecule has 2 aromatic carbocycles. The molecule has 0 unspecified atom stereocenters. The van der Waals surface area contributed by atoms with Gasteiger partial charge in [-0.15, -0.1) is 0 Å². The average molecular weight is 455 g/mol. The van der Waals surface area contributed by atoms with Crippen molar-refractivity contribution in [3.63, 3.8) is 0 Å². The number of imidazole rings is 1. The molecule has 6 heteroatoms. The van der Waals surface area contributed by atoms with E-state index in [-0.39, 0.29) is 5.97 Å². The summed E-state index contributed by atoms with van der Waals surface area (Å²) >= 11 is 0. The SMILES string of the molecule is CCCCC(=O)Oc1cn(-c2ccc(C)cc2)c2nc(CCCC)n3c4ccccc4nc3c12. The summed E-state index contributed by atoms with van der Waals surface area (Å²) in [5.74, 6) is 1.24. The van der Waals surface area contributed by atoms with Gasteiger partial charge in [-0.3, -0.25) is 13.8 Å². The molecule has 0 saturated carbocycles. The minimum absolute atomic E-state index is 0.228. The quantitative estimate of drug-likeness (QED) is 0.249. The van der Waals surface area contributed by atoms with Crippen LogP contribution < -0.4 is 4.74 Å². The molecule has 6 nitrogen and oxygen atoms in total. The monoisotopic (exact) mass is 454 g/mol. The molecule has 0 aliphatic carbocycles. The molecule has 0 radical (unpaired) electrons. The second kappa shape index (κ2) is 9.29. The first-order valence-corrected chi connectivity index (χ1v) is 12.2. The van der Waals surface area contributed by atoms with Crippen molar-refractivity contribution in [2.75, 3.05) is 0 Å². The van der Waals surface area contributed by atoms with Crippen LogP contribution in [-0.4, -0.2) is 24.9 Å². The summed E-state index contributed by atoms with van der Waals surface area (Å²) in [4.78, 5) is 22.8. The number of nitrogens with zero attached hydrogens (tertiary/aromatic N) is 4. The third-order valence-electron chi connectivity index (χ3n) is 6.25. The Morgan fingerprint density at radius 3 is 2.47 bits per heavy atom. The van der Waals surface area contributed by atoms with Crippen LogP contribution in [0.5, 0.6) is 5.75 Å². The lowest BCUT2D eigenvalue weighted by molar-refractivity contribution is -0.134. The van der Waals surface area contributed by atoms with Crippen molar-refractivity contribution in [3.05, 3.63) is 66.1 Å². The fraction of sp³-hybridized carbons (Fsp3) is 0.321. The number of rotatable bonds is 8. The summed E-state index contributed by atoms with van der Waals surface area (Å²) in [6.07, 6.45) is 6.97. The lowest BCUT2D eigenvalue weighted by Gasteiger charge is -2.09. The van der Waals surface area contributed by atoms with Gasteiger partial charge in [-0.2, -0.15) is 0 Å². The van der Waals surface area contributed by atoms with Crippen LogP contribution in [0.15, 0.2) is 54.7 Å². The molecule has 0 spiro atoms. The highest BCUT2D eigenvalue weighted by atomic mass is 16.5. The lowest BCUT2D eigenvalue weighted by Crippen LogP contribution is -2.07. The third kappa shape index (κ3) is 3.94. The second-order valence-corrected chi connectivity index (χ2v) is 8.87. The molecular weight excluding hydrogens is 424 g/mol. The molecule has 5 aromatic rings. The van der Waals surface area contributed by atoms with Gasteiger partial charge in [0.25, 0.3) is 0 Å². The number of esters is 1. The zero-order valence-corrected chi connectivity index (χ0v) is 20.0. The fourth-order valence-corrected chi connectivity index (χ4v) is 4.40. The topological polar surface area (TPSA) is 61.4 Å². The number of fused-ring (bicyclic) bond motifs is 5. The summed E-state index contributed by atoms with van der Waals surface area (Å²) in [6, 6.07) is 16.4. The fourth-order valence-electron chi connectivity index (χ4n) is 4.40. The first-order valence-electron chi connectivity index (χ1n) is 12.2. The van der Waals surface area contributed by atoms with Gasteiger partial charge in [-0.1, -0.05) is 56.5 Å². The zero-order valence-electron chi connectivity index (χ0n) is 20.0. The number of aryl methyl sites for hydroxylation is 2. The van der Waals surface area contributed by atoms with E-state index >= 15 is 0 Å². The Hall–Kier alpha value is -3.67. The molecule has 0 aliphatic heterocycles. The minimum Gasteiger partial charge on any atom is -0.424 e. The van der Waals surface area contributed by atoms with E-state index in [1.54, 1.807) is 0 Å². The Bertz CT molecular complexity index is 1480. The Morgan fingerprint density at radius 1 is 0.941 bits per heavy atom. The number of carbonyl (C=O) groups excluding carboxylic acids is 1. The van der Waals surface area contributed by atoms with Crippen LogP contribution in [0.4, 0.5) is 0 Å². The van der Waals surface area contributed by atoms with E-state index < -0.39 is 0 Å². The Morgan fingerprint density at radius 2 is 1.71 bits per heavy atom. The van der Waals surface area contributed by atoms with E-state index in [0.29, 0.717) is 12.2 Å². The molecule has 3 heterocycles. The smallest absolute Gasteiger partial charge is 0.311 e. The number of hydrogen-bond acceptors (Lipinski definition) is 4. The lowest BCUT2D eigenvalue weighted by atomic mass is 10.2. The molecule has 0 aliphatic rings. The molecule has 0 N–H and O–H groups in total. The molecule has 0 atom stereocenters. The predicted octanol–water partition coefficient (Wildman–Crippen LogP) is 6.57. The van der Waals surface area contributed by atoms with Gasteiger partial charge in [0, 0.05) is 18.5 Å². The van der Waals surface area contributed by atoms with E-state index in [2.05, 4.69) is 55.5 Å². The maximum Gasteiger partial charge on any atom is 0.311 e. The van der Waals surface area contributed by atoms with E-state index in [0.717, 1.165) is 71.3 Å². The van der Waals surface area contributed by atoms with Gasteiger partial charge in [0.15, 0.2) is 17.0 Å². The van der Waals surface area contributed by atoms with Crippen LogP contribution >= 0.6 is 0 Å². The maximum absolute atomic E-state index is 12.6. The minimum atomic E-state index is -0.228. The van der Waals surface area contributed by atoms with Crippen LogP contribution in [0.3, 0.4) is 0 Å². The number of unbranched alkanes of at least 4 members (excludes halogenated alkanes) is 2. The van der Waals surface area contributed by atoms with Gasteiger partial charge in [0.2, 0.25) is 0 Å². The van der Waals surface area contributed by atoms with Gasteiger partial charge in [0.1, 0.15) is 11.2 Å². The van der Waals surface area contributed by atoms with Crippen LogP contribution in [0, 0.1) is 6.92 Å². The molecule has 34 heavy (non-hydrogen) atoms. The van der Waals surface area contributed by atoms with E-state index in [4.69, 9.17) is 14.7 Å². The van der Waals surface area contributed by atoms with Gasteiger partial charge < -0.3 is 4.74 Å². The van der Waals surface area contributed by atoms with Crippen molar-refractivity contribution in [2.24, 2.45) is 0 Å². The van der Waals surface area contributed by atoms with Crippen LogP contribution in [0.2, 0.25) is 0 Å². The van der Waals surface area contributed by atoms with Gasteiger partial charge >= 0.3 is 5.97 Å². The molecular formula is C28H30N4O2. The number of aromatic nitrogens is 4. The van der Waals surface area contributed by atoms with Crippen molar-refractivity contribution >= 4 is 33.7 Å². The Labute approximate surface area is 199 Å². The molecule has 0 saturated heterocycles. The Kier molecular flexibility index (Phi) is 6.05. The molecule has 0 bridgehead atoms. The third-order valence-corrected chi connectivity index (χ3v) is 6.25. The number of ether oxygens (including phenoxy) is 1. The number of benzene rings is 2. The summed E-state index contributed by atoms with van der Waals surface area (Å²) in [6.45, 7) is 6.32. The Balaban J connectivity index is 1.81. The predicted molar refractivity (Wildman–Crippen MR) is 136 cm³/mol. The normalized spacial score (nSPS) is 11.6. The number of hydrogen-bond donors (Lipinski definition) is 0. The largest absolute Gasteiger partial charge is 0.424 e. The number of para-hydroxylation sites is 2. The first-order chi connectivity index (χ1) is 16.6. The standard InChI is InChI=1S/C28H30N4O2/c1-4-6-12-24-30-27-26(28-29-21-10-8-9-11-22(21)32(24)28)23(34-25(33)13-7-5-2)18-31(27)20-16-14-19(3)15-17-20/h8-11,14-18H,4-7,12-13H2,1-3H3. The summed E-state index contributed by atoms with van der Waals surface area (Å²) in [5, 5.41) is 0.766. The van der Waals surface area contributed by atoms with Crippen molar-refractivity contribution in [2.45, 2.75) is 59.3 Å². The molecule has 0 amide bonds. The molecule has 0 fully saturated rings. The highest BCUT2D eigenvalue weighted by molar-refractivity contribution is 6.01. The number of carbonyl (C=O) groups is 1. The van der Waals surface area contributed by atoms with E-state index in [1.165, 1.54) is 5.56 Å².